The summed E-state index contributed by atoms with van der Waals surface area (Å²) in [6.45, 7) is 2.16. The van der Waals surface area contributed by atoms with Crippen LogP contribution in [0.5, 0.6) is 0 Å². The first-order valence-corrected chi connectivity index (χ1v) is 22.0. The molecule has 14 rings (SSSR count). The van der Waals surface area contributed by atoms with Gasteiger partial charge in [0.2, 0.25) is 0 Å². The minimum absolute atomic E-state index is 0.0972. The van der Waals surface area contributed by atoms with Gasteiger partial charge in [0, 0.05) is 38.8 Å². The van der Waals surface area contributed by atoms with Gasteiger partial charge in [-0.15, -0.1) is 0 Å². The molecule has 0 aromatic heterocycles. The molecule has 0 saturated heterocycles. The van der Waals surface area contributed by atoms with Crippen molar-refractivity contribution in [2.45, 2.75) is 44.4 Å². The SMILES string of the molecule is Cc1ccc(N(c2ccc(F)c3c2C2(c4ccccc4-3)C3CC4CC(C3)CC2C4)c2ccc3ccc4c(N(c5ccccc5)c5ccccc5)ccc5ccc2c3c54)cc1. The van der Waals surface area contributed by atoms with Crippen molar-refractivity contribution in [1.29, 1.82) is 0 Å². The molecule has 2 nitrogen and oxygen atoms in total. The van der Waals surface area contributed by atoms with Crippen LogP contribution in [0.2, 0.25) is 0 Å². The molecule has 0 unspecified atom stereocenters. The van der Waals surface area contributed by atoms with Gasteiger partial charge in [0.15, 0.2) is 0 Å². The molecule has 60 heavy (non-hydrogen) atoms. The van der Waals surface area contributed by atoms with Crippen LogP contribution in [0.15, 0.2) is 170 Å². The van der Waals surface area contributed by atoms with E-state index in [9.17, 15) is 0 Å². The first-order chi connectivity index (χ1) is 29.6. The van der Waals surface area contributed by atoms with E-state index in [1.165, 1.54) is 81.1 Å². The van der Waals surface area contributed by atoms with Crippen molar-refractivity contribution in [1.82, 2.24) is 0 Å². The van der Waals surface area contributed by atoms with Crippen molar-refractivity contribution in [3.8, 4) is 11.1 Å². The van der Waals surface area contributed by atoms with Gasteiger partial charge in [-0.05, 0) is 162 Å². The maximum absolute atomic E-state index is 16.9. The van der Waals surface area contributed by atoms with Crippen LogP contribution in [0.3, 0.4) is 0 Å². The topological polar surface area (TPSA) is 6.48 Å². The molecule has 0 heterocycles. The zero-order valence-electron chi connectivity index (χ0n) is 33.8. The Morgan fingerprint density at radius 2 is 0.967 bits per heavy atom. The minimum atomic E-state index is -0.212. The van der Waals surface area contributed by atoms with Gasteiger partial charge in [-0.1, -0.05) is 115 Å². The average molecular weight is 777 g/mol. The second kappa shape index (κ2) is 12.8. The number of halogens is 1. The lowest BCUT2D eigenvalue weighted by atomic mass is 9.43. The van der Waals surface area contributed by atoms with Crippen molar-refractivity contribution < 1.29 is 4.39 Å². The molecule has 3 heteroatoms. The number of aryl methyl sites for hydroxylation is 1. The Morgan fingerprint density at radius 3 is 1.57 bits per heavy atom. The summed E-state index contributed by atoms with van der Waals surface area (Å²) in [6.07, 6.45) is 6.34. The molecule has 4 saturated carbocycles. The smallest absolute Gasteiger partial charge is 0.131 e. The Balaban J connectivity index is 1.09. The summed E-state index contributed by atoms with van der Waals surface area (Å²) in [5.41, 5.74) is 12.3. The predicted molar refractivity (Wildman–Crippen MR) is 247 cm³/mol. The van der Waals surface area contributed by atoms with Crippen molar-refractivity contribution in [2.24, 2.45) is 23.7 Å². The normalized spacial score (nSPS) is 22.2. The molecule has 0 aliphatic heterocycles. The van der Waals surface area contributed by atoms with Crippen molar-refractivity contribution in [2.75, 3.05) is 9.80 Å². The molecule has 0 atom stereocenters. The molecule has 4 bridgehead atoms. The van der Waals surface area contributed by atoms with Crippen molar-refractivity contribution >= 4 is 66.4 Å². The molecule has 4 fully saturated rings. The van der Waals surface area contributed by atoms with Crippen LogP contribution in [0.4, 0.5) is 38.5 Å². The van der Waals surface area contributed by atoms with Gasteiger partial charge in [0.05, 0.1) is 17.1 Å². The highest BCUT2D eigenvalue weighted by Crippen LogP contribution is 2.71. The fraction of sp³-hybridized carbons (Fsp3) is 0.193. The number of rotatable bonds is 6. The van der Waals surface area contributed by atoms with Crippen LogP contribution in [0.25, 0.3) is 43.4 Å². The van der Waals surface area contributed by atoms with Crippen LogP contribution in [-0.4, -0.2) is 0 Å². The third-order valence-electron chi connectivity index (χ3n) is 15.3. The molecule has 1 spiro atoms. The summed E-state index contributed by atoms with van der Waals surface area (Å²) in [4.78, 5) is 4.89. The average Bonchev–Trinajstić information content (AvgIpc) is 3.60. The van der Waals surface area contributed by atoms with Crippen LogP contribution in [0.1, 0.15) is 48.8 Å². The van der Waals surface area contributed by atoms with Crippen LogP contribution in [0, 0.1) is 36.4 Å². The molecular weight excluding hydrogens is 732 g/mol. The van der Waals surface area contributed by atoms with E-state index in [-0.39, 0.29) is 11.2 Å². The molecule has 9 aromatic rings. The zero-order chi connectivity index (χ0) is 39.7. The number of para-hydroxylation sites is 2. The van der Waals surface area contributed by atoms with E-state index in [0.29, 0.717) is 11.8 Å². The summed E-state index contributed by atoms with van der Waals surface area (Å²) in [6, 6.07) is 61.6. The molecule has 0 amide bonds. The highest BCUT2D eigenvalue weighted by molar-refractivity contribution is 6.28. The second-order valence-electron chi connectivity index (χ2n) is 18.3. The molecule has 5 aliphatic rings. The van der Waals surface area contributed by atoms with Crippen LogP contribution < -0.4 is 9.80 Å². The fourth-order valence-corrected chi connectivity index (χ4v) is 13.3. The van der Waals surface area contributed by atoms with Crippen molar-refractivity contribution in [3.05, 3.63) is 192 Å². The maximum Gasteiger partial charge on any atom is 0.131 e. The van der Waals surface area contributed by atoms with E-state index in [0.717, 1.165) is 57.1 Å². The van der Waals surface area contributed by atoms with Gasteiger partial charge in [-0.3, -0.25) is 0 Å². The Hall–Kier alpha value is -6.45. The molecule has 9 aromatic carbocycles. The number of anilines is 6. The molecule has 0 N–H and O–H groups in total. The van der Waals surface area contributed by atoms with E-state index >= 15 is 4.39 Å². The standard InChI is InChI=1S/C57H45FN2/c1-35-16-22-44(23-17-35)60(52-29-26-49(58)55-45-14-8-9-15-48(45)57(56(52)55)40-31-36-30-37(33-40)34-41(57)32-36)51-28-21-39-18-24-46-50(27-20-38-19-25-47(51)54(39)53(38)46)59(42-10-4-2-5-11-42)43-12-6-3-7-13-43/h2-29,36-37,40-41H,30-34H2,1H3. The Kier molecular flexibility index (Phi) is 7.33. The lowest BCUT2D eigenvalue weighted by Gasteiger charge is -2.61. The third-order valence-corrected chi connectivity index (χ3v) is 15.3. The maximum atomic E-state index is 16.9. The number of hydrogen-bond donors (Lipinski definition) is 0. The summed E-state index contributed by atoms with van der Waals surface area (Å²) in [5.74, 6) is 2.51. The highest BCUT2D eigenvalue weighted by Gasteiger charge is 2.63. The van der Waals surface area contributed by atoms with Gasteiger partial charge in [-0.2, -0.15) is 0 Å². The lowest BCUT2D eigenvalue weighted by Crippen LogP contribution is -2.55. The van der Waals surface area contributed by atoms with E-state index in [2.05, 4.69) is 181 Å². The van der Waals surface area contributed by atoms with Crippen LogP contribution >= 0.6 is 0 Å². The van der Waals surface area contributed by atoms with Gasteiger partial charge in [-0.25, -0.2) is 4.39 Å². The van der Waals surface area contributed by atoms with E-state index in [1.54, 1.807) is 6.07 Å². The van der Waals surface area contributed by atoms with Gasteiger partial charge < -0.3 is 9.80 Å². The first kappa shape index (κ1) is 34.4. The van der Waals surface area contributed by atoms with E-state index in [1.807, 2.05) is 0 Å². The van der Waals surface area contributed by atoms with Crippen molar-refractivity contribution in [3.63, 3.8) is 0 Å². The summed E-state index contributed by atoms with van der Waals surface area (Å²) < 4.78 is 16.9. The second-order valence-corrected chi connectivity index (χ2v) is 18.3. The van der Waals surface area contributed by atoms with Gasteiger partial charge in [0.25, 0.3) is 0 Å². The number of fused-ring (bicyclic) bond motifs is 3. The first-order valence-electron chi connectivity index (χ1n) is 22.0. The molecular formula is C57H45FN2. The summed E-state index contributed by atoms with van der Waals surface area (Å²) >= 11 is 0. The third kappa shape index (κ3) is 4.69. The minimum Gasteiger partial charge on any atom is -0.310 e. The largest absolute Gasteiger partial charge is 0.310 e. The number of benzene rings is 9. The highest BCUT2D eigenvalue weighted by atomic mass is 19.1. The number of nitrogens with zero attached hydrogens (tertiary/aromatic N) is 2. The lowest BCUT2D eigenvalue weighted by molar-refractivity contribution is -0.0397. The van der Waals surface area contributed by atoms with Gasteiger partial charge in [0.1, 0.15) is 5.82 Å². The fourth-order valence-electron chi connectivity index (χ4n) is 13.3. The molecule has 0 radical (unpaired) electrons. The Morgan fingerprint density at radius 1 is 0.467 bits per heavy atom. The number of hydrogen-bond acceptors (Lipinski definition) is 2. The Bertz CT molecular complexity index is 3070. The zero-order valence-corrected chi connectivity index (χ0v) is 33.8. The molecule has 5 aliphatic carbocycles. The quantitative estimate of drug-likeness (QED) is 0.155. The predicted octanol–water partition coefficient (Wildman–Crippen LogP) is 15.7. The monoisotopic (exact) mass is 776 g/mol. The Labute approximate surface area is 350 Å². The summed E-state index contributed by atoms with van der Waals surface area (Å²) in [7, 11) is 0. The summed E-state index contributed by atoms with van der Waals surface area (Å²) in [5, 5.41) is 7.36. The van der Waals surface area contributed by atoms with Gasteiger partial charge >= 0.3 is 0 Å². The van der Waals surface area contributed by atoms with E-state index in [4.69, 9.17) is 0 Å². The van der Waals surface area contributed by atoms with E-state index < -0.39 is 0 Å². The van der Waals surface area contributed by atoms with Crippen LogP contribution in [-0.2, 0) is 5.41 Å². The molecule has 290 valence electrons.